The van der Waals surface area contributed by atoms with Gasteiger partial charge in [-0.15, -0.1) is 13.2 Å². The Bertz CT molecular complexity index is 687. The number of carbonyl (C=O) groups excluding carboxylic acids is 1. The molecule has 0 unspecified atom stereocenters. The third kappa shape index (κ3) is 3.88. The van der Waals surface area contributed by atoms with Crippen molar-refractivity contribution in [1.29, 1.82) is 0 Å². The molecule has 2 aromatic rings. The fourth-order valence-electron chi connectivity index (χ4n) is 1.72. The predicted molar refractivity (Wildman–Crippen MR) is 72.7 cm³/mol. The predicted octanol–water partition coefficient (Wildman–Crippen LogP) is 4.09. The number of methoxy groups -OCH3 is 1. The molecule has 0 saturated carbocycles. The summed E-state index contributed by atoms with van der Waals surface area (Å²) in [6, 6.07) is 6.49. The van der Waals surface area contributed by atoms with Crippen molar-refractivity contribution < 1.29 is 27.4 Å². The van der Waals surface area contributed by atoms with Crippen molar-refractivity contribution in [3.63, 3.8) is 0 Å². The average molecular weight is 332 g/mol. The Hall–Kier alpha value is -2.28. The van der Waals surface area contributed by atoms with Crippen molar-refractivity contribution in [3.05, 3.63) is 47.2 Å². The molecule has 0 radical (unpaired) electrons. The van der Waals surface area contributed by atoms with Crippen molar-refractivity contribution in [3.8, 4) is 16.9 Å². The van der Waals surface area contributed by atoms with Crippen LogP contribution in [0.3, 0.4) is 0 Å². The first-order chi connectivity index (χ1) is 10.3. The van der Waals surface area contributed by atoms with Gasteiger partial charge >= 0.3 is 12.3 Å². The van der Waals surface area contributed by atoms with E-state index in [0.29, 0.717) is 11.1 Å². The van der Waals surface area contributed by atoms with Gasteiger partial charge in [-0.05, 0) is 23.8 Å². The molecular weight excluding hydrogens is 323 g/mol. The van der Waals surface area contributed by atoms with Crippen LogP contribution in [-0.2, 0) is 4.74 Å². The van der Waals surface area contributed by atoms with Gasteiger partial charge < -0.3 is 9.47 Å². The number of hydrogen-bond donors (Lipinski definition) is 0. The van der Waals surface area contributed by atoms with E-state index in [9.17, 15) is 18.0 Å². The van der Waals surface area contributed by atoms with Gasteiger partial charge in [-0.1, -0.05) is 23.7 Å². The number of rotatable bonds is 3. The van der Waals surface area contributed by atoms with Gasteiger partial charge in [0.1, 0.15) is 10.9 Å². The number of hydrogen-bond acceptors (Lipinski definition) is 4. The van der Waals surface area contributed by atoms with E-state index in [1.54, 1.807) is 0 Å². The Morgan fingerprint density at radius 3 is 2.41 bits per heavy atom. The lowest BCUT2D eigenvalue weighted by atomic mass is 10.1. The standard InChI is InChI=1S/C14H9ClF3NO3/c1-21-13(20)9-6-11(12(15)19-7-9)8-2-4-10(5-3-8)22-14(16,17)18/h2-7H,1H3. The molecule has 0 spiro atoms. The van der Waals surface area contributed by atoms with E-state index >= 15 is 0 Å². The maximum atomic E-state index is 12.1. The van der Waals surface area contributed by atoms with Gasteiger partial charge in [-0.25, -0.2) is 9.78 Å². The summed E-state index contributed by atoms with van der Waals surface area (Å²) in [5, 5.41) is 0.108. The minimum atomic E-state index is -4.76. The van der Waals surface area contributed by atoms with Crippen molar-refractivity contribution >= 4 is 17.6 Å². The molecule has 0 aliphatic carbocycles. The van der Waals surface area contributed by atoms with E-state index in [1.165, 1.54) is 31.5 Å². The average Bonchev–Trinajstić information content (AvgIpc) is 2.46. The summed E-state index contributed by atoms with van der Waals surface area (Å²) in [5.41, 5.74) is 1.05. The Labute approximate surface area is 128 Å². The van der Waals surface area contributed by atoms with E-state index < -0.39 is 12.3 Å². The lowest BCUT2D eigenvalue weighted by Crippen LogP contribution is -2.16. The molecule has 8 heteroatoms. The lowest BCUT2D eigenvalue weighted by molar-refractivity contribution is -0.274. The zero-order chi connectivity index (χ0) is 16.3. The summed E-state index contributed by atoms with van der Waals surface area (Å²) in [6.45, 7) is 0. The second kappa shape index (κ2) is 6.23. The highest BCUT2D eigenvalue weighted by molar-refractivity contribution is 6.32. The smallest absolute Gasteiger partial charge is 0.465 e. The highest BCUT2D eigenvalue weighted by Crippen LogP contribution is 2.30. The molecule has 0 N–H and O–H groups in total. The third-order valence-corrected chi connectivity index (χ3v) is 2.96. The normalized spacial score (nSPS) is 11.1. The van der Waals surface area contributed by atoms with Crippen LogP contribution >= 0.6 is 11.6 Å². The number of nitrogens with zero attached hydrogens (tertiary/aromatic N) is 1. The topological polar surface area (TPSA) is 48.4 Å². The summed E-state index contributed by atoms with van der Waals surface area (Å²) >= 11 is 5.95. The Morgan fingerprint density at radius 1 is 1.23 bits per heavy atom. The van der Waals surface area contributed by atoms with Gasteiger partial charge in [0.05, 0.1) is 12.7 Å². The largest absolute Gasteiger partial charge is 0.573 e. The van der Waals surface area contributed by atoms with Crippen LogP contribution in [0, 0.1) is 0 Å². The highest BCUT2D eigenvalue weighted by atomic mass is 35.5. The number of aromatic nitrogens is 1. The number of esters is 1. The fraction of sp³-hybridized carbons (Fsp3) is 0.143. The quantitative estimate of drug-likeness (QED) is 0.628. The van der Waals surface area contributed by atoms with E-state index in [1.807, 2.05) is 0 Å². The Balaban J connectivity index is 2.33. The molecule has 0 amide bonds. The maximum absolute atomic E-state index is 12.1. The fourth-order valence-corrected chi connectivity index (χ4v) is 1.93. The SMILES string of the molecule is COC(=O)c1cnc(Cl)c(-c2ccc(OC(F)(F)F)cc2)c1. The third-order valence-electron chi connectivity index (χ3n) is 2.66. The number of pyridine rings is 1. The first-order valence-corrected chi connectivity index (χ1v) is 6.28. The second-order valence-corrected chi connectivity index (χ2v) is 4.48. The van der Waals surface area contributed by atoms with Crippen molar-refractivity contribution in [2.75, 3.05) is 7.11 Å². The molecule has 1 aromatic carbocycles. The number of ether oxygens (including phenoxy) is 2. The second-order valence-electron chi connectivity index (χ2n) is 4.13. The molecule has 0 saturated heterocycles. The molecular formula is C14H9ClF3NO3. The van der Waals surface area contributed by atoms with E-state index in [4.69, 9.17) is 11.6 Å². The summed E-state index contributed by atoms with van der Waals surface area (Å²) in [5.74, 6) is -0.952. The minimum Gasteiger partial charge on any atom is -0.465 e. The van der Waals surface area contributed by atoms with Crippen LogP contribution in [0.5, 0.6) is 5.75 Å². The van der Waals surface area contributed by atoms with Crippen LogP contribution < -0.4 is 4.74 Å². The molecule has 1 aromatic heterocycles. The van der Waals surface area contributed by atoms with E-state index in [2.05, 4.69) is 14.5 Å². The highest BCUT2D eigenvalue weighted by Gasteiger charge is 2.31. The van der Waals surface area contributed by atoms with Crippen LogP contribution in [-0.4, -0.2) is 24.4 Å². The van der Waals surface area contributed by atoms with Crippen LogP contribution in [0.4, 0.5) is 13.2 Å². The van der Waals surface area contributed by atoms with Crippen LogP contribution in [0.25, 0.3) is 11.1 Å². The van der Waals surface area contributed by atoms with Crippen LogP contribution in [0.2, 0.25) is 5.15 Å². The monoisotopic (exact) mass is 331 g/mol. The lowest BCUT2D eigenvalue weighted by Gasteiger charge is -2.10. The number of alkyl halides is 3. The van der Waals surface area contributed by atoms with Gasteiger partial charge in [0.25, 0.3) is 0 Å². The number of benzene rings is 1. The van der Waals surface area contributed by atoms with Crippen molar-refractivity contribution in [2.24, 2.45) is 0 Å². The number of halogens is 4. The van der Waals surface area contributed by atoms with Gasteiger partial charge in [0.2, 0.25) is 0 Å². The molecule has 116 valence electrons. The number of carbonyl (C=O) groups is 1. The molecule has 0 aliphatic heterocycles. The first-order valence-electron chi connectivity index (χ1n) is 5.90. The van der Waals surface area contributed by atoms with Crippen molar-refractivity contribution in [1.82, 2.24) is 4.98 Å². The summed E-state index contributed by atoms with van der Waals surface area (Å²) in [6.07, 6.45) is -3.51. The molecule has 0 aliphatic rings. The van der Waals surface area contributed by atoms with Crippen molar-refractivity contribution in [2.45, 2.75) is 6.36 Å². The zero-order valence-electron chi connectivity index (χ0n) is 11.1. The Kier molecular flexibility index (Phi) is 4.56. The molecule has 0 bridgehead atoms. The van der Waals surface area contributed by atoms with E-state index in [-0.39, 0.29) is 16.5 Å². The molecule has 2 rings (SSSR count). The first kappa shape index (κ1) is 16.1. The van der Waals surface area contributed by atoms with Gasteiger partial charge in [0.15, 0.2) is 0 Å². The summed E-state index contributed by atoms with van der Waals surface area (Å²) in [4.78, 5) is 15.3. The zero-order valence-corrected chi connectivity index (χ0v) is 11.9. The molecule has 0 fully saturated rings. The summed E-state index contributed by atoms with van der Waals surface area (Å²) < 4.78 is 44.7. The summed E-state index contributed by atoms with van der Waals surface area (Å²) in [7, 11) is 1.22. The van der Waals surface area contributed by atoms with Gasteiger partial charge in [0, 0.05) is 11.8 Å². The minimum absolute atomic E-state index is 0.108. The molecule has 4 nitrogen and oxygen atoms in total. The molecule has 1 heterocycles. The molecule has 22 heavy (non-hydrogen) atoms. The van der Waals surface area contributed by atoms with Gasteiger partial charge in [-0.3, -0.25) is 0 Å². The van der Waals surface area contributed by atoms with Gasteiger partial charge in [-0.2, -0.15) is 0 Å². The van der Waals surface area contributed by atoms with Crippen LogP contribution in [0.15, 0.2) is 36.5 Å². The van der Waals surface area contributed by atoms with E-state index in [0.717, 1.165) is 12.1 Å². The maximum Gasteiger partial charge on any atom is 0.573 e. The molecule has 0 atom stereocenters. The van der Waals surface area contributed by atoms with Crippen LogP contribution in [0.1, 0.15) is 10.4 Å². The Morgan fingerprint density at radius 2 is 1.86 bits per heavy atom.